The molecule has 4 rings (SSSR count). The van der Waals surface area contributed by atoms with Crippen molar-refractivity contribution < 1.29 is 0 Å². The minimum absolute atomic E-state index is 0.120. The van der Waals surface area contributed by atoms with Crippen LogP contribution in [-0.2, 0) is 0 Å². The van der Waals surface area contributed by atoms with E-state index < -0.39 is 6.17 Å². The lowest BCUT2D eigenvalue weighted by Crippen LogP contribution is -2.51. The predicted molar refractivity (Wildman–Crippen MR) is 95.7 cm³/mol. The molecule has 1 fully saturated rings. The van der Waals surface area contributed by atoms with Gasteiger partial charge in [-0.15, -0.1) is 0 Å². The van der Waals surface area contributed by atoms with Crippen LogP contribution in [0.1, 0.15) is 17.4 Å². The lowest BCUT2D eigenvalue weighted by molar-refractivity contribution is 0.213. The number of pyridine rings is 1. The van der Waals surface area contributed by atoms with Crippen molar-refractivity contribution in [3.05, 3.63) is 52.2 Å². The van der Waals surface area contributed by atoms with E-state index in [9.17, 15) is 4.79 Å². The fraction of sp³-hybridized carbons (Fsp3) is 0.412. The number of guanidine groups is 1. The van der Waals surface area contributed by atoms with E-state index in [0.29, 0.717) is 11.6 Å². The van der Waals surface area contributed by atoms with Gasteiger partial charge in [-0.1, -0.05) is 6.07 Å². The van der Waals surface area contributed by atoms with Crippen molar-refractivity contribution >= 4 is 11.9 Å². The van der Waals surface area contributed by atoms with E-state index in [1.54, 1.807) is 17.0 Å². The second-order valence-electron chi connectivity index (χ2n) is 6.46. The summed E-state index contributed by atoms with van der Waals surface area (Å²) in [5.74, 6) is 1.29. The number of aliphatic imine (C=N–C) groups is 1. The Morgan fingerprint density at radius 3 is 2.76 bits per heavy atom. The summed E-state index contributed by atoms with van der Waals surface area (Å²) in [6.07, 6.45) is 3.00. The Balaban J connectivity index is 1.78. The van der Waals surface area contributed by atoms with Gasteiger partial charge >= 0.3 is 0 Å². The first-order valence-corrected chi connectivity index (χ1v) is 8.40. The van der Waals surface area contributed by atoms with E-state index in [4.69, 9.17) is 4.99 Å². The number of fused-ring (bicyclic) bond motifs is 1. The molecule has 0 bridgehead atoms. The van der Waals surface area contributed by atoms with Gasteiger partial charge in [0.15, 0.2) is 6.17 Å². The minimum Gasteiger partial charge on any atom is -0.340 e. The van der Waals surface area contributed by atoms with Crippen molar-refractivity contribution in [2.24, 2.45) is 4.99 Å². The molecule has 0 unspecified atom stereocenters. The third kappa shape index (κ3) is 3.00. The number of aryl methyl sites for hydroxylation is 1. The van der Waals surface area contributed by atoms with Crippen LogP contribution in [0, 0.1) is 6.92 Å². The Bertz CT molecular complexity index is 853. The highest BCUT2D eigenvalue weighted by Gasteiger charge is 2.28. The molecular weight excluding hydrogens is 318 g/mol. The molecule has 0 spiro atoms. The Labute approximate surface area is 145 Å². The van der Waals surface area contributed by atoms with Gasteiger partial charge in [0.25, 0.3) is 5.56 Å². The molecular formula is C17H21N7O. The zero-order valence-electron chi connectivity index (χ0n) is 14.4. The van der Waals surface area contributed by atoms with Crippen LogP contribution < -0.4 is 10.9 Å². The molecule has 4 heterocycles. The van der Waals surface area contributed by atoms with Crippen LogP contribution in [0.5, 0.6) is 0 Å². The molecule has 1 N–H and O–H groups in total. The van der Waals surface area contributed by atoms with Crippen LogP contribution >= 0.6 is 0 Å². The van der Waals surface area contributed by atoms with Crippen molar-refractivity contribution in [1.29, 1.82) is 0 Å². The van der Waals surface area contributed by atoms with Crippen LogP contribution in [0.3, 0.4) is 0 Å². The molecule has 1 atom stereocenters. The predicted octanol–water partition coefficient (Wildman–Crippen LogP) is 0.523. The molecule has 2 aliphatic heterocycles. The molecule has 1 saturated heterocycles. The topological polar surface area (TPSA) is 78.7 Å². The molecule has 0 aromatic carbocycles. The summed E-state index contributed by atoms with van der Waals surface area (Å²) >= 11 is 0. The number of aromatic nitrogens is 3. The molecule has 2 aromatic rings. The van der Waals surface area contributed by atoms with Gasteiger partial charge < -0.3 is 9.80 Å². The SMILES string of the molecule is Cc1cc(=O)n2c(n1)NC(N1CCN(C)CC1)=N[C@H]2c1cccnc1. The summed E-state index contributed by atoms with van der Waals surface area (Å²) in [6, 6.07) is 5.32. The normalized spacial score (nSPS) is 20.6. The molecule has 2 aliphatic rings. The van der Waals surface area contributed by atoms with Gasteiger partial charge in [0.1, 0.15) is 0 Å². The van der Waals surface area contributed by atoms with Gasteiger partial charge in [0, 0.05) is 55.9 Å². The monoisotopic (exact) mass is 339 g/mol. The Kier molecular flexibility index (Phi) is 3.96. The number of anilines is 1. The Morgan fingerprint density at radius 1 is 1.24 bits per heavy atom. The van der Waals surface area contributed by atoms with Crippen LogP contribution in [-0.4, -0.2) is 63.5 Å². The average Bonchev–Trinajstić information content (AvgIpc) is 2.62. The maximum atomic E-state index is 12.6. The maximum absolute atomic E-state index is 12.6. The minimum atomic E-state index is -0.458. The number of nitrogens with one attached hydrogen (secondary N) is 1. The van der Waals surface area contributed by atoms with Gasteiger partial charge in [0.2, 0.25) is 11.9 Å². The quantitative estimate of drug-likeness (QED) is 0.816. The van der Waals surface area contributed by atoms with Crippen LogP contribution in [0.4, 0.5) is 5.95 Å². The van der Waals surface area contributed by atoms with Crippen molar-refractivity contribution in [2.45, 2.75) is 13.1 Å². The number of hydrogen-bond acceptors (Lipinski definition) is 7. The Morgan fingerprint density at radius 2 is 2.04 bits per heavy atom. The van der Waals surface area contributed by atoms with Crippen molar-refractivity contribution in [3.8, 4) is 0 Å². The van der Waals surface area contributed by atoms with E-state index >= 15 is 0 Å². The highest BCUT2D eigenvalue weighted by molar-refractivity contribution is 5.93. The fourth-order valence-corrected chi connectivity index (χ4v) is 3.17. The van der Waals surface area contributed by atoms with E-state index in [2.05, 4.69) is 32.1 Å². The number of hydrogen-bond donors (Lipinski definition) is 1. The number of likely N-dealkylation sites (N-methyl/N-ethyl adjacent to an activating group) is 1. The van der Waals surface area contributed by atoms with Crippen molar-refractivity contribution in [2.75, 3.05) is 38.5 Å². The summed E-state index contributed by atoms with van der Waals surface area (Å²) in [5.41, 5.74) is 1.43. The highest BCUT2D eigenvalue weighted by atomic mass is 16.1. The Hall–Kier alpha value is -2.74. The first-order chi connectivity index (χ1) is 12.1. The van der Waals surface area contributed by atoms with Crippen molar-refractivity contribution in [3.63, 3.8) is 0 Å². The number of piperazine rings is 1. The lowest BCUT2D eigenvalue weighted by Gasteiger charge is -2.37. The fourth-order valence-electron chi connectivity index (χ4n) is 3.17. The zero-order valence-corrected chi connectivity index (χ0v) is 14.4. The van der Waals surface area contributed by atoms with Gasteiger partial charge in [-0.3, -0.25) is 19.7 Å². The number of rotatable bonds is 1. The molecule has 0 radical (unpaired) electrons. The first-order valence-electron chi connectivity index (χ1n) is 8.40. The second-order valence-corrected chi connectivity index (χ2v) is 6.46. The van der Waals surface area contributed by atoms with Gasteiger partial charge in [-0.2, -0.15) is 0 Å². The average molecular weight is 339 g/mol. The summed E-state index contributed by atoms with van der Waals surface area (Å²) in [7, 11) is 2.12. The standard InChI is InChI=1S/C17H21N7O/c1-12-10-14(25)24-15(13-4-3-5-18-11-13)20-16(21-17(24)19-12)23-8-6-22(2)7-9-23/h3-5,10-11,15H,6-9H2,1-2H3,(H,19,20,21)/t15-/m1/s1. The van der Waals surface area contributed by atoms with E-state index in [1.807, 2.05) is 19.1 Å². The van der Waals surface area contributed by atoms with Crippen molar-refractivity contribution in [1.82, 2.24) is 24.3 Å². The third-order valence-electron chi connectivity index (χ3n) is 4.58. The third-order valence-corrected chi connectivity index (χ3v) is 4.58. The van der Waals surface area contributed by atoms with Gasteiger partial charge in [-0.05, 0) is 20.0 Å². The van der Waals surface area contributed by atoms with E-state index in [0.717, 1.165) is 37.7 Å². The highest BCUT2D eigenvalue weighted by Crippen LogP contribution is 2.25. The number of nitrogens with zero attached hydrogens (tertiary/aromatic N) is 6. The van der Waals surface area contributed by atoms with E-state index in [-0.39, 0.29) is 5.56 Å². The summed E-state index contributed by atoms with van der Waals surface area (Å²) in [5, 5.41) is 3.25. The summed E-state index contributed by atoms with van der Waals surface area (Å²) in [6.45, 7) is 5.55. The maximum Gasteiger partial charge on any atom is 0.257 e. The van der Waals surface area contributed by atoms with Gasteiger partial charge in [-0.25, -0.2) is 9.98 Å². The molecule has 0 saturated carbocycles. The molecule has 0 aliphatic carbocycles. The molecule has 25 heavy (non-hydrogen) atoms. The lowest BCUT2D eigenvalue weighted by atomic mass is 10.2. The van der Waals surface area contributed by atoms with Crippen LogP contribution in [0.25, 0.3) is 0 Å². The van der Waals surface area contributed by atoms with Crippen LogP contribution in [0.15, 0.2) is 40.4 Å². The molecule has 8 nitrogen and oxygen atoms in total. The second kappa shape index (κ2) is 6.29. The first kappa shape index (κ1) is 15.8. The molecule has 2 aromatic heterocycles. The molecule has 8 heteroatoms. The van der Waals surface area contributed by atoms with Gasteiger partial charge in [0.05, 0.1) is 0 Å². The van der Waals surface area contributed by atoms with Crippen LogP contribution in [0.2, 0.25) is 0 Å². The van der Waals surface area contributed by atoms with E-state index in [1.165, 1.54) is 6.07 Å². The molecule has 130 valence electrons. The molecule has 0 amide bonds. The largest absolute Gasteiger partial charge is 0.340 e. The smallest absolute Gasteiger partial charge is 0.257 e. The summed E-state index contributed by atoms with van der Waals surface area (Å²) in [4.78, 5) is 30.6. The zero-order chi connectivity index (χ0) is 17.4. The summed E-state index contributed by atoms with van der Waals surface area (Å²) < 4.78 is 1.59.